The van der Waals surface area contributed by atoms with Crippen molar-refractivity contribution in [2.45, 2.75) is 24.3 Å². The third-order valence-corrected chi connectivity index (χ3v) is 6.60. The van der Waals surface area contributed by atoms with Crippen molar-refractivity contribution >= 4 is 26.8 Å². The Labute approximate surface area is 158 Å². The molecule has 3 aromatic rings. The summed E-state index contributed by atoms with van der Waals surface area (Å²) in [7, 11) is -3.67. The Morgan fingerprint density at radius 1 is 1.04 bits per heavy atom. The van der Waals surface area contributed by atoms with E-state index in [4.69, 9.17) is 4.74 Å². The van der Waals surface area contributed by atoms with Crippen molar-refractivity contribution in [2.75, 3.05) is 6.61 Å². The Kier molecular flexibility index (Phi) is 4.05. The van der Waals surface area contributed by atoms with Gasteiger partial charge in [0.15, 0.2) is 0 Å². The molecule has 3 aromatic carbocycles. The van der Waals surface area contributed by atoms with Gasteiger partial charge in [-0.15, -0.1) is 0 Å². The summed E-state index contributed by atoms with van der Waals surface area (Å²) in [5.74, 6) is -0.467. The summed E-state index contributed by atoms with van der Waals surface area (Å²) < 4.78 is 33.2. The molecule has 1 atom stereocenters. The monoisotopic (exact) mass is 381 g/mol. The van der Waals surface area contributed by atoms with Crippen LogP contribution in [0.4, 0.5) is 0 Å². The van der Waals surface area contributed by atoms with Crippen LogP contribution in [0.3, 0.4) is 0 Å². The summed E-state index contributed by atoms with van der Waals surface area (Å²) in [6.07, 6.45) is 0. The zero-order chi connectivity index (χ0) is 19.2. The smallest absolute Gasteiger partial charge is 0.338 e. The lowest BCUT2D eigenvalue weighted by molar-refractivity contribution is 0.0526. The number of nitrogens with one attached hydrogen (secondary N) is 1. The molecule has 0 amide bonds. The first-order valence-corrected chi connectivity index (χ1v) is 10.2. The minimum atomic E-state index is -3.67. The first kappa shape index (κ1) is 17.7. The molecule has 0 aromatic heterocycles. The second-order valence-corrected chi connectivity index (χ2v) is 8.37. The van der Waals surface area contributed by atoms with Crippen molar-refractivity contribution in [3.05, 3.63) is 77.4 Å². The standard InChI is InChI=1S/C21H19NO4S/c1-3-26-20(23)16-9-11-19-18(13-16)21(2,22-27(19,24)25)17-10-8-14-6-4-5-7-15(14)12-17/h4-13,22H,3H2,1-2H3/t21-/m1/s1. The largest absolute Gasteiger partial charge is 0.462 e. The third kappa shape index (κ3) is 2.81. The maximum absolute atomic E-state index is 12.7. The molecule has 138 valence electrons. The van der Waals surface area contributed by atoms with E-state index in [1.165, 1.54) is 12.1 Å². The number of rotatable bonds is 3. The van der Waals surface area contributed by atoms with Gasteiger partial charge in [-0.2, -0.15) is 4.72 Å². The molecule has 27 heavy (non-hydrogen) atoms. The fourth-order valence-corrected chi connectivity index (χ4v) is 5.26. The van der Waals surface area contributed by atoms with Crippen LogP contribution in [-0.4, -0.2) is 21.0 Å². The molecule has 1 aliphatic rings. The molecule has 1 aliphatic heterocycles. The second kappa shape index (κ2) is 6.18. The number of benzene rings is 3. The van der Waals surface area contributed by atoms with E-state index in [0.717, 1.165) is 16.3 Å². The van der Waals surface area contributed by atoms with Crippen LogP contribution in [0.5, 0.6) is 0 Å². The zero-order valence-electron chi connectivity index (χ0n) is 15.0. The molecule has 0 fully saturated rings. The fourth-order valence-electron chi connectivity index (χ4n) is 3.59. The molecule has 5 nitrogen and oxygen atoms in total. The van der Waals surface area contributed by atoms with Crippen LogP contribution < -0.4 is 4.72 Å². The van der Waals surface area contributed by atoms with E-state index in [9.17, 15) is 13.2 Å². The molecule has 0 saturated carbocycles. The lowest BCUT2D eigenvalue weighted by Crippen LogP contribution is -2.37. The summed E-state index contributed by atoms with van der Waals surface area (Å²) in [4.78, 5) is 12.3. The van der Waals surface area contributed by atoms with Crippen LogP contribution in [0.2, 0.25) is 0 Å². The first-order valence-electron chi connectivity index (χ1n) is 8.70. The van der Waals surface area contributed by atoms with Crippen LogP contribution >= 0.6 is 0 Å². The Morgan fingerprint density at radius 2 is 1.78 bits per heavy atom. The number of esters is 1. The summed E-state index contributed by atoms with van der Waals surface area (Å²) in [5.41, 5.74) is 0.718. The van der Waals surface area contributed by atoms with Crippen LogP contribution in [0.25, 0.3) is 10.8 Å². The predicted octanol–water partition coefficient (Wildman–Crippen LogP) is 3.57. The predicted molar refractivity (Wildman–Crippen MR) is 103 cm³/mol. The number of carbonyl (C=O) groups excluding carboxylic acids is 1. The van der Waals surface area contributed by atoms with E-state index in [-0.39, 0.29) is 11.5 Å². The van der Waals surface area contributed by atoms with E-state index in [0.29, 0.717) is 11.1 Å². The Hall–Kier alpha value is -2.70. The van der Waals surface area contributed by atoms with Crippen LogP contribution in [-0.2, 0) is 20.3 Å². The first-order chi connectivity index (χ1) is 12.8. The summed E-state index contributed by atoms with van der Waals surface area (Å²) in [5, 5.41) is 2.09. The van der Waals surface area contributed by atoms with Gasteiger partial charge in [0.1, 0.15) is 0 Å². The van der Waals surface area contributed by atoms with Crippen molar-refractivity contribution in [1.29, 1.82) is 0 Å². The quantitative estimate of drug-likeness (QED) is 0.704. The molecular formula is C21H19NO4S. The summed E-state index contributed by atoms with van der Waals surface area (Å²) in [6, 6.07) is 18.3. The van der Waals surface area contributed by atoms with Gasteiger partial charge in [-0.25, -0.2) is 13.2 Å². The molecular weight excluding hydrogens is 362 g/mol. The highest BCUT2D eigenvalue weighted by Crippen LogP contribution is 2.41. The zero-order valence-corrected chi connectivity index (χ0v) is 15.8. The normalized spacial score (nSPS) is 20.4. The van der Waals surface area contributed by atoms with Crippen molar-refractivity contribution in [3.63, 3.8) is 0 Å². The summed E-state index contributed by atoms with van der Waals surface area (Å²) >= 11 is 0. The van der Waals surface area contributed by atoms with E-state index in [1.54, 1.807) is 13.0 Å². The average Bonchev–Trinajstić information content (AvgIpc) is 2.88. The van der Waals surface area contributed by atoms with Crippen LogP contribution in [0, 0.1) is 0 Å². The number of carbonyl (C=O) groups is 1. The minimum absolute atomic E-state index is 0.186. The van der Waals surface area contributed by atoms with E-state index in [1.807, 2.05) is 49.4 Å². The molecule has 0 bridgehead atoms. The molecule has 0 radical (unpaired) electrons. The Bertz CT molecular complexity index is 1170. The van der Waals surface area contributed by atoms with Crippen LogP contribution in [0.1, 0.15) is 35.3 Å². The van der Waals surface area contributed by atoms with Crippen molar-refractivity contribution in [3.8, 4) is 0 Å². The molecule has 0 aliphatic carbocycles. The van der Waals surface area contributed by atoms with Gasteiger partial charge in [-0.3, -0.25) is 0 Å². The SMILES string of the molecule is CCOC(=O)c1ccc2c(c1)[C@@](C)(c1ccc3ccccc3c1)NS2(=O)=O. The maximum Gasteiger partial charge on any atom is 0.338 e. The average molecular weight is 381 g/mol. The van der Waals surface area contributed by atoms with E-state index in [2.05, 4.69) is 4.72 Å². The minimum Gasteiger partial charge on any atom is -0.462 e. The molecule has 0 unspecified atom stereocenters. The van der Waals surface area contributed by atoms with Crippen LogP contribution in [0.15, 0.2) is 65.6 Å². The molecule has 6 heteroatoms. The van der Waals surface area contributed by atoms with Gasteiger partial charge in [0.25, 0.3) is 0 Å². The Morgan fingerprint density at radius 3 is 2.52 bits per heavy atom. The molecule has 0 spiro atoms. The van der Waals surface area contributed by atoms with Gasteiger partial charge >= 0.3 is 5.97 Å². The number of hydrogen-bond donors (Lipinski definition) is 1. The number of ether oxygens (including phenoxy) is 1. The molecule has 1 heterocycles. The van der Waals surface area contributed by atoms with E-state index < -0.39 is 21.5 Å². The van der Waals surface area contributed by atoms with Gasteiger partial charge in [0.2, 0.25) is 10.0 Å². The third-order valence-electron chi connectivity index (χ3n) is 4.98. The Balaban J connectivity index is 1.91. The summed E-state index contributed by atoms with van der Waals surface area (Å²) in [6.45, 7) is 3.81. The van der Waals surface area contributed by atoms with Gasteiger partial charge < -0.3 is 4.74 Å². The lowest BCUT2D eigenvalue weighted by atomic mass is 9.84. The number of sulfonamides is 1. The number of fused-ring (bicyclic) bond motifs is 2. The molecule has 1 N–H and O–H groups in total. The fraction of sp³-hybridized carbons (Fsp3) is 0.190. The van der Waals surface area contributed by atoms with Crippen molar-refractivity contribution in [1.82, 2.24) is 4.72 Å². The molecule has 4 rings (SSSR count). The highest BCUT2D eigenvalue weighted by molar-refractivity contribution is 7.89. The van der Waals surface area contributed by atoms with Gasteiger partial charge in [-0.05, 0) is 60.0 Å². The number of hydrogen-bond acceptors (Lipinski definition) is 4. The lowest BCUT2D eigenvalue weighted by Gasteiger charge is -2.26. The maximum atomic E-state index is 12.7. The van der Waals surface area contributed by atoms with Crippen molar-refractivity contribution < 1.29 is 17.9 Å². The highest BCUT2D eigenvalue weighted by Gasteiger charge is 2.44. The topological polar surface area (TPSA) is 72.5 Å². The van der Waals surface area contributed by atoms with Gasteiger partial charge in [0, 0.05) is 0 Å². The van der Waals surface area contributed by atoms with E-state index >= 15 is 0 Å². The second-order valence-electron chi connectivity index (χ2n) is 6.72. The van der Waals surface area contributed by atoms with Gasteiger partial charge in [0.05, 0.1) is 22.6 Å². The van der Waals surface area contributed by atoms with Gasteiger partial charge in [-0.1, -0.05) is 36.4 Å². The van der Waals surface area contributed by atoms with Crippen molar-refractivity contribution in [2.24, 2.45) is 0 Å². The highest BCUT2D eigenvalue weighted by atomic mass is 32.2. The molecule has 0 saturated heterocycles.